The number of methoxy groups -OCH3 is 1. The second-order valence-corrected chi connectivity index (χ2v) is 5.69. The van der Waals surface area contributed by atoms with Gasteiger partial charge in [0.1, 0.15) is 5.82 Å². The van der Waals surface area contributed by atoms with E-state index in [1.807, 2.05) is 12.1 Å². The van der Waals surface area contributed by atoms with Gasteiger partial charge in [-0.1, -0.05) is 6.07 Å². The number of piperidine rings is 1. The number of rotatable bonds is 6. The third kappa shape index (κ3) is 3.71. The Bertz CT molecular complexity index is 495. The van der Waals surface area contributed by atoms with Crippen molar-refractivity contribution in [3.05, 3.63) is 23.9 Å². The van der Waals surface area contributed by atoms with Crippen LogP contribution in [0.15, 0.2) is 18.3 Å². The molecule has 2 rings (SSSR count). The zero-order chi connectivity index (χ0) is 15.3. The van der Waals surface area contributed by atoms with Gasteiger partial charge >= 0.3 is 5.97 Å². The van der Waals surface area contributed by atoms with Crippen molar-refractivity contribution in [3.63, 3.8) is 0 Å². The summed E-state index contributed by atoms with van der Waals surface area (Å²) in [7, 11) is 1.60. The first kappa shape index (κ1) is 15.7. The predicted octanol–water partition coefficient (Wildman–Crippen LogP) is 1.37. The minimum atomic E-state index is -0.733. The Morgan fingerprint density at radius 2 is 2.43 bits per heavy atom. The second-order valence-electron chi connectivity index (χ2n) is 5.69. The molecule has 21 heavy (non-hydrogen) atoms. The largest absolute Gasteiger partial charge is 0.481 e. The number of likely N-dealkylation sites (tertiary alicyclic amines) is 1. The zero-order valence-electron chi connectivity index (χ0n) is 12.4. The standard InChI is InChI=1S/C15H23N3O3/c1-21-9-6-15(14(19)20)5-3-8-18(11-15)10-12-4-2-7-17-13(12)16/h2,4,7H,3,5-6,8-11H2,1H3,(H2,16,17)(H,19,20)/t15-/m1/s1. The summed E-state index contributed by atoms with van der Waals surface area (Å²) in [5.41, 5.74) is 6.10. The van der Waals surface area contributed by atoms with Crippen molar-refractivity contribution in [1.29, 1.82) is 0 Å². The molecule has 6 nitrogen and oxygen atoms in total. The number of hydrogen-bond donors (Lipinski definition) is 2. The van der Waals surface area contributed by atoms with E-state index in [4.69, 9.17) is 10.5 Å². The third-order valence-electron chi connectivity index (χ3n) is 4.21. The van der Waals surface area contributed by atoms with Crippen LogP contribution in [0.4, 0.5) is 5.82 Å². The first-order chi connectivity index (χ1) is 10.1. The number of nitrogen functional groups attached to an aromatic ring is 1. The molecule has 0 aromatic carbocycles. The van der Waals surface area contributed by atoms with Crippen molar-refractivity contribution in [3.8, 4) is 0 Å². The molecular formula is C15H23N3O3. The van der Waals surface area contributed by atoms with E-state index in [0.29, 0.717) is 38.4 Å². The quantitative estimate of drug-likeness (QED) is 0.823. The van der Waals surface area contributed by atoms with Gasteiger partial charge in [-0.25, -0.2) is 4.98 Å². The molecule has 0 bridgehead atoms. The SMILES string of the molecule is COCC[C@]1(C(=O)O)CCCN(Cc2cccnc2N)C1. The number of anilines is 1. The minimum Gasteiger partial charge on any atom is -0.481 e. The highest BCUT2D eigenvalue weighted by Gasteiger charge is 2.42. The summed E-state index contributed by atoms with van der Waals surface area (Å²) in [6, 6.07) is 3.79. The molecule has 1 aliphatic rings. The lowest BCUT2D eigenvalue weighted by molar-refractivity contribution is -0.154. The molecule has 0 radical (unpaired) electrons. The van der Waals surface area contributed by atoms with Crippen LogP contribution in [0.1, 0.15) is 24.8 Å². The summed E-state index contributed by atoms with van der Waals surface area (Å²) in [6.45, 7) is 2.52. The molecule has 3 N–H and O–H groups in total. The normalized spacial score (nSPS) is 23.1. The summed E-state index contributed by atoms with van der Waals surface area (Å²) < 4.78 is 5.08. The van der Waals surface area contributed by atoms with Crippen molar-refractivity contribution in [2.75, 3.05) is 32.5 Å². The number of hydrogen-bond acceptors (Lipinski definition) is 5. The van der Waals surface area contributed by atoms with Crippen LogP contribution < -0.4 is 5.73 Å². The topological polar surface area (TPSA) is 88.7 Å². The lowest BCUT2D eigenvalue weighted by Gasteiger charge is -2.40. The van der Waals surface area contributed by atoms with E-state index in [9.17, 15) is 9.90 Å². The third-order valence-corrected chi connectivity index (χ3v) is 4.21. The molecule has 0 amide bonds. The van der Waals surface area contributed by atoms with Crippen LogP contribution in [-0.4, -0.2) is 47.8 Å². The lowest BCUT2D eigenvalue weighted by Crippen LogP contribution is -2.48. The first-order valence-electron chi connectivity index (χ1n) is 7.21. The second kappa shape index (κ2) is 6.87. The summed E-state index contributed by atoms with van der Waals surface area (Å²) in [6.07, 6.45) is 3.77. The Kier molecular flexibility index (Phi) is 5.14. The van der Waals surface area contributed by atoms with E-state index in [-0.39, 0.29) is 0 Å². The van der Waals surface area contributed by atoms with Gasteiger partial charge in [0.2, 0.25) is 0 Å². The van der Waals surface area contributed by atoms with Gasteiger partial charge < -0.3 is 15.6 Å². The molecule has 0 aliphatic carbocycles. The molecule has 1 aromatic heterocycles. The van der Waals surface area contributed by atoms with E-state index in [2.05, 4.69) is 9.88 Å². The molecule has 0 unspecified atom stereocenters. The number of pyridine rings is 1. The van der Waals surface area contributed by atoms with Gasteiger partial charge in [0.15, 0.2) is 0 Å². The average Bonchev–Trinajstić information content (AvgIpc) is 2.48. The van der Waals surface area contributed by atoms with E-state index >= 15 is 0 Å². The fourth-order valence-corrected chi connectivity index (χ4v) is 2.97. The fourth-order valence-electron chi connectivity index (χ4n) is 2.97. The number of aliphatic carboxylic acids is 1. The number of nitrogens with zero attached hydrogens (tertiary/aromatic N) is 2. The maximum atomic E-state index is 11.7. The smallest absolute Gasteiger partial charge is 0.311 e. The van der Waals surface area contributed by atoms with Gasteiger partial charge in [-0.2, -0.15) is 0 Å². The Morgan fingerprint density at radius 3 is 3.10 bits per heavy atom. The average molecular weight is 293 g/mol. The molecule has 1 aromatic rings. The molecule has 1 aliphatic heterocycles. The summed E-state index contributed by atoms with van der Waals surface area (Å²) in [4.78, 5) is 18.0. The van der Waals surface area contributed by atoms with Gasteiger partial charge in [0.05, 0.1) is 5.41 Å². The molecule has 1 fully saturated rings. The number of carboxylic acid groups (broad SMARTS) is 1. The van der Waals surface area contributed by atoms with Crippen molar-refractivity contribution in [2.24, 2.45) is 5.41 Å². The Morgan fingerprint density at radius 1 is 1.62 bits per heavy atom. The Hall–Kier alpha value is -1.66. The van der Waals surface area contributed by atoms with Crippen LogP contribution in [0.5, 0.6) is 0 Å². The first-order valence-corrected chi connectivity index (χ1v) is 7.21. The van der Waals surface area contributed by atoms with E-state index in [1.54, 1.807) is 13.3 Å². The maximum absolute atomic E-state index is 11.7. The molecule has 6 heteroatoms. The van der Waals surface area contributed by atoms with Crippen LogP contribution >= 0.6 is 0 Å². The maximum Gasteiger partial charge on any atom is 0.311 e. The Labute approximate surface area is 124 Å². The van der Waals surface area contributed by atoms with E-state index < -0.39 is 11.4 Å². The number of ether oxygens (including phenoxy) is 1. The molecule has 0 spiro atoms. The van der Waals surface area contributed by atoms with Gasteiger partial charge in [-0.3, -0.25) is 9.69 Å². The molecule has 116 valence electrons. The van der Waals surface area contributed by atoms with E-state index in [0.717, 1.165) is 18.5 Å². The van der Waals surface area contributed by atoms with Gasteiger partial charge in [0.25, 0.3) is 0 Å². The summed E-state index contributed by atoms with van der Waals surface area (Å²) in [5, 5.41) is 9.63. The highest BCUT2D eigenvalue weighted by molar-refractivity contribution is 5.75. The fraction of sp³-hybridized carbons (Fsp3) is 0.600. The zero-order valence-corrected chi connectivity index (χ0v) is 12.4. The lowest BCUT2D eigenvalue weighted by atomic mass is 9.77. The summed E-state index contributed by atoms with van der Waals surface area (Å²) in [5.74, 6) is -0.218. The van der Waals surface area contributed by atoms with Crippen LogP contribution in [0, 0.1) is 5.41 Å². The van der Waals surface area contributed by atoms with Gasteiger partial charge in [-0.05, 0) is 31.9 Å². The molecule has 2 heterocycles. The van der Waals surface area contributed by atoms with Gasteiger partial charge in [0, 0.05) is 38.6 Å². The predicted molar refractivity (Wildman–Crippen MR) is 79.7 cm³/mol. The number of carbonyl (C=O) groups is 1. The number of nitrogens with two attached hydrogens (primary N) is 1. The molecule has 1 saturated heterocycles. The number of aromatic nitrogens is 1. The minimum absolute atomic E-state index is 0.467. The van der Waals surface area contributed by atoms with Crippen LogP contribution in [0.3, 0.4) is 0 Å². The van der Waals surface area contributed by atoms with Crippen LogP contribution in [0.25, 0.3) is 0 Å². The van der Waals surface area contributed by atoms with Crippen LogP contribution in [0.2, 0.25) is 0 Å². The van der Waals surface area contributed by atoms with Crippen molar-refractivity contribution in [2.45, 2.75) is 25.8 Å². The van der Waals surface area contributed by atoms with E-state index in [1.165, 1.54) is 0 Å². The van der Waals surface area contributed by atoms with Crippen LogP contribution in [-0.2, 0) is 16.1 Å². The number of carboxylic acids is 1. The van der Waals surface area contributed by atoms with Crippen molar-refractivity contribution in [1.82, 2.24) is 9.88 Å². The highest BCUT2D eigenvalue weighted by Crippen LogP contribution is 2.34. The highest BCUT2D eigenvalue weighted by atomic mass is 16.5. The molecule has 1 atom stereocenters. The summed E-state index contributed by atoms with van der Waals surface area (Å²) >= 11 is 0. The van der Waals surface area contributed by atoms with Crippen molar-refractivity contribution < 1.29 is 14.6 Å². The molecule has 0 saturated carbocycles. The van der Waals surface area contributed by atoms with Crippen molar-refractivity contribution >= 4 is 11.8 Å². The van der Waals surface area contributed by atoms with Gasteiger partial charge in [-0.15, -0.1) is 0 Å². The Balaban J connectivity index is 2.08. The molecular weight excluding hydrogens is 270 g/mol. The monoisotopic (exact) mass is 293 g/mol.